The molecule has 0 saturated carbocycles. The van der Waals surface area contributed by atoms with Crippen LogP contribution in [0.1, 0.15) is 13.8 Å². The molecule has 3 aromatic rings. The first-order valence-electron chi connectivity index (χ1n) is 9.98. The molecule has 0 radical (unpaired) electrons. The summed E-state index contributed by atoms with van der Waals surface area (Å²) < 4.78 is 1.73. The third-order valence-corrected chi connectivity index (χ3v) is 5.54. The van der Waals surface area contributed by atoms with Gasteiger partial charge in [0.1, 0.15) is 5.82 Å². The predicted octanol–water partition coefficient (Wildman–Crippen LogP) is 4.08. The van der Waals surface area contributed by atoms with E-state index in [1.807, 2.05) is 80.6 Å². The van der Waals surface area contributed by atoms with E-state index in [1.165, 1.54) is 11.8 Å². The van der Waals surface area contributed by atoms with E-state index in [0.717, 1.165) is 16.9 Å². The second-order valence-corrected chi connectivity index (χ2v) is 7.62. The topological polar surface area (TPSA) is 67.2 Å². The molecule has 0 saturated heterocycles. The number of thioether (sulfide) groups is 1. The summed E-state index contributed by atoms with van der Waals surface area (Å²) in [7, 11) is 0. The number of nitrogens with one attached hydrogen (secondary N) is 1. The Balaban J connectivity index is 1.72. The van der Waals surface area contributed by atoms with Crippen LogP contribution in [0, 0.1) is 0 Å². The minimum atomic E-state index is -0.163. The highest BCUT2D eigenvalue weighted by molar-refractivity contribution is 8.00. The van der Waals surface area contributed by atoms with Crippen LogP contribution in [0.5, 0.6) is 0 Å². The zero-order valence-corrected chi connectivity index (χ0v) is 18.1. The lowest BCUT2D eigenvalue weighted by Crippen LogP contribution is -2.32. The van der Waals surface area contributed by atoms with Crippen molar-refractivity contribution in [1.82, 2.24) is 14.7 Å². The van der Waals surface area contributed by atoms with Gasteiger partial charge in [-0.15, -0.1) is 11.8 Å². The van der Waals surface area contributed by atoms with Crippen molar-refractivity contribution in [2.24, 2.45) is 0 Å². The Morgan fingerprint density at radius 1 is 0.967 bits per heavy atom. The quantitative estimate of drug-likeness (QED) is 0.564. The standard InChI is InChI=1S/C23H26N4O2S/c1-3-26(4-2)23(29)17-30-16-22(28)24-21-15-20(18-11-7-5-8-12-18)25-27(21)19-13-9-6-10-14-19/h5-15H,3-4,16-17H2,1-2H3,(H,24,28). The van der Waals surface area contributed by atoms with Crippen LogP contribution in [-0.4, -0.2) is 51.1 Å². The Morgan fingerprint density at radius 3 is 2.23 bits per heavy atom. The largest absolute Gasteiger partial charge is 0.343 e. The van der Waals surface area contributed by atoms with E-state index in [4.69, 9.17) is 5.10 Å². The first kappa shape index (κ1) is 21.6. The van der Waals surface area contributed by atoms with Crippen LogP contribution in [0.3, 0.4) is 0 Å². The van der Waals surface area contributed by atoms with Crippen LogP contribution in [-0.2, 0) is 9.59 Å². The molecule has 30 heavy (non-hydrogen) atoms. The van der Waals surface area contributed by atoms with Crippen molar-refractivity contribution in [1.29, 1.82) is 0 Å². The lowest BCUT2D eigenvalue weighted by Gasteiger charge is -2.18. The summed E-state index contributed by atoms with van der Waals surface area (Å²) in [6, 6.07) is 21.4. The summed E-state index contributed by atoms with van der Waals surface area (Å²) in [5, 5.41) is 7.64. The lowest BCUT2D eigenvalue weighted by atomic mass is 10.2. The predicted molar refractivity (Wildman–Crippen MR) is 123 cm³/mol. The zero-order chi connectivity index (χ0) is 21.3. The molecule has 1 N–H and O–H groups in total. The number of nitrogens with zero attached hydrogens (tertiary/aromatic N) is 3. The number of carbonyl (C=O) groups is 2. The molecule has 6 nitrogen and oxygen atoms in total. The SMILES string of the molecule is CCN(CC)C(=O)CSCC(=O)Nc1cc(-c2ccccc2)nn1-c1ccccc1. The van der Waals surface area contributed by atoms with Crippen molar-refractivity contribution in [3.63, 3.8) is 0 Å². The number of aromatic nitrogens is 2. The Morgan fingerprint density at radius 2 is 1.60 bits per heavy atom. The van der Waals surface area contributed by atoms with Crippen LogP contribution in [0.4, 0.5) is 5.82 Å². The average molecular weight is 423 g/mol. The Hall–Kier alpha value is -3.06. The van der Waals surface area contributed by atoms with Crippen LogP contribution < -0.4 is 5.32 Å². The molecule has 2 amide bonds. The Bertz CT molecular complexity index is 969. The van der Waals surface area contributed by atoms with Gasteiger partial charge in [0.05, 0.1) is 22.9 Å². The number of rotatable bonds is 9. The van der Waals surface area contributed by atoms with E-state index in [0.29, 0.717) is 24.7 Å². The zero-order valence-electron chi connectivity index (χ0n) is 17.2. The van der Waals surface area contributed by atoms with Gasteiger partial charge in [-0.25, -0.2) is 4.68 Å². The number of amides is 2. The van der Waals surface area contributed by atoms with Crippen LogP contribution in [0.2, 0.25) is 0 Å². The average Bonchev–Trinajstić information content (AvgIpc) is 3.19. The van der Waals surface area contributed by atoms with E-state index in [1.54, 1.807) is 9.58 Å². The van der Waals surface area contributed by atoms with Crippen molar-refractivity contribution in [3.05, 3.63) is 66.7 Å². The molecule has 7 heteroatoms. The second kappa shape index (κ2) is 10.6. The van der Waals surface area contributed by atoms with E-state index in [9.17, 15) is 9.59 Å². The molecule has 156 valence electrons. The summed E-state index contributed by atoms with van der Waals surface area (Å²) in [6.45, 7) is 5.27. The van der Waals surface area contributed by atoms with Crippen LogP contribution in [0.15, 0.2) is 66.7 Å². The molecule has 0 fully saturated rings. The molecule has 0 unspecified atom stereocenters. The molecule has 1 aromatic heterocycles. The van der Waals surface area contributed by atoms with E-state index in [-0.39, 0.29) is 17.6 Å². The summed E-state index contributed by atoms with van der Waals surface area (Å²) >= 11 is 1.32. The lowest BCUT2D eigenvalue weighted by molar-refractivity contribution is -0.127. The maximum Gasteiger partial charge on any atom is 0.235 e. The van der Waals surface area contributed by atoms with E-state index in [2.05, 4.69) is 5.32 Å². The maximum absolute atomic E-state index is 12.5. The summed E-state index contributed by atoms with van der Waals surface area (Å²) in [5.74, 6) is 0.985. The highest BCUT2D eigenvalue weighted by atomic mass is 32.2. The van der Waals surface area contributed by atoms with Crippen molar-refractivity contribution in [2.45, 2.75) is 13.8 Å². The third-order valence-electron chi connectivity index (χ3n) is 4.62. The molecule has 0 aliphatic carbocycles. The minimum Gasteiger partial charge on any atom is -0.343 e. The molecule has 0 aliphatic heterocycles. The van der Waals surface area contributed by atoms with Gasteiger partial charge >= 0.3 is 0 Å². The monoisotopic (exact) mass is 422 g/mol. The second-order valence-electron chi connectivity index (χ2n) is 6.64. The van der Waals surface area contributed by atoms with Gasteiger partial charge in [-0.2, -0.15) is 5.10 Å². The number of hydrogen-bond acceptors (Lipinski definition) is 4. The fraction of sp³-hybridized carbons (Fsp3) is 0.261. The van der Waals surface area contributed by atoms with Crippen molar-refractivity contribution in [3.8, 4) is 16.9 Å². The van der Waals surface area contributed by atoms with Crippen LogP contribution in [0.25, 0.3) is 16.9 Å². The van der Waals surface area contributed by atoms with E-state index < -0.39 is 0 Å². The first-order valence-corrected chi connectivity index (χ1v) is 11.1. The van der Waals surface area contributed by atoms with Crippen LogP contribution >= 0.6 is 11.8 Å². The minimum absolute atomic E-state index is 0.0542. The van der Waals surface area contributed by atoms with E-state index >= 15 is 0 Å². The summed E-state index contributed by atoms with van der Waals surface area (Å²) in [5.41, 5.74) is 2.61. The van der Waals surface area contributed by atoms with Crippen molar-refractivity contribution < 1.29 is 9.59 Å². The molecule has 0 spiro atoms. The molecule has 1 heterocycles. The molecular formula is C23H26N4O2S. The fourth-order valence-corrected chi connectivity index (χ4v) is 3.78. The van der Waals surface area contributed by atoms with Gasteiger partial charge in [0.25, 0.3) is 0 Å². The summed E-state index contributed by atoms with van der Waals surface area (Å²) in [6.07, 6.45) is 0. The first-order chi connectivity index (χ1) is 14.6. The van der Waals surface area contributed by atoms with Gasteiger partial charge in [0.15, 0.2) is 0 Å². The van der Waals surface area contributed by atoms with Gasteiger partial charge in [0.2, 0.25) is 11.8 Å². The molecule has 0 atom stereocenters. The smallest absolute Gasteiger partial charge is 0.235 e. The molecule has 3 rings (SSSR count). The normalized spacial score (nSPS) is 10.6. The van der Waals surface area contributed by atoms with Gasteiger partial charge < -0.3 is 10.2 Å². The van der Waals surface area contributed by atoms with Gasteiger partial charge in [-0.3, -0.25) is 9.59 Å². The Labute approximate surface area is 181 Å². The molecule has 0 aliphatic rings. The summed E-state index contributed by atoms with van der Waals surface area (Å²) in [4.78, 5) is 26.4. The number of para-hydroxylation sites is 1. The maximum atomic E-state index is 12.5. The number of benzene rings is 2. The van der Waals surface area contributed by atoms with Gasteiger partial charge in [0, 0.05) is 24.7 Å². The molecule has 0 bridgehead atoms. The van der Waals surface area contributed by atoms with Crippen molar-refractivity contribution in [2.75, 3.05) is 29.9 Å². The highest BCUT2D eigenvalue weighted by Crippen LogP contribution is 2.24. The highest BCUT2D eigenvalue weighted by Gasteiger charge is 2.15. The number of anilines is 1. The third kappa shape index (κ3) is 5.51. The van der Waals surface area contributed by atoms with Gasteiger partial charge in [-0.1, -0.05) is 48.5 Å². The van der Waals surface area contributed by atoms with Gasteiger partial charge in [-0.05, 0) is 26.0 Å². The Kier molecular flexibility index (Phi) is 7.68. The van der Waals surface area contributed by atoms with Crippen molar-refractivity contribution >= 4 is 29.4 Å². The number of carbonyl (C=O) groups excluding carboxylic acids is 2. The fourth-order valence-electron chi connectivity index (χ4n) is 3.06. The molecular weight excluding hydrogens is 396 g/mol. The number of hydrogen-bond donors (Lipinski definition) is 1. The molecule has 2 aromatic carbocycles.